The van der Waals surface area contributed by atoms with E-state index < -0.39 is 0 Å². The number of benzene rings is 9. The highest BCUT2D eigenvalue weighted by molar-refractivity contribution is 6.08. The minimum absolute atomic E-state index is 1.10. The van der Waals surface area contributed by atoms with Gasteiger partial charge in [0.1, 0.15) is 0 Å². The van der Waals surface area contributed by atoms with Crippen molar-refractivity contribution >= 4 is 38.6 Å². The number of anilines is 3. The van der Waals surface area contributed by atoms with E-state index in [9.17, 15) is 0 Å². The van der Waals surface area contributed by atoms with E-state index in [1.807, 2.05) is 0 Å². The molecule has 0 heterocycles. The third-order valence-corrected chi connectivity index (χ3v) is 9.84. The van der Waals surface area contributed by atoms with Crippen LogP contribution in [0.15, 0.2) is 212 Å². The van der Waals surface area contributed by atoms with Gasteiger partial charge in [0.05, 0.1) is 5.69 Å². The minimum atomic E-state index is 1.10. The highest BCUT2D eigenvalue weighted by Gasteiger charge is 2.19. The molecule has 0 saturated heterocycles. The van der Waals surface area contributed by atoms with E-state index in [0.717, 1.165) is 17.1 Å². The molecule has 1 nitrogen and oxygen atoms in total. The fourth-order valence-corrected chi connectivity index (χ4v) is 7.27. The molecule has 9 aromatic carbocycles. The molecule has 9 rings (SSSR count). The van der Waals surface area contributed by atoms with E-state index in [1.54, 1.807) is 0 Å². The van der Waals surface area contributed by atoms with Crippen LogP contribution in [0.2, 0.25) is 0 Å². The van der Waals surface area contributed by atoms with Crippen LogP contribution in [0.25, 0.3) is 66.1 Å². The molecule has 0 radical (unpaired) electrons. The van der Waals surface area contributed by atoms with Crippen LogP contribution in [-0.2, 0) is 0 Å². The van der Waals surface area contributed by atoms with Crippen molar-refractivity contribution in [1.82, 2.24) is 0 Å². The molecule has 0 N–H and O–H groups in total. The first-order valence-electron chi connectivity index (χ1n) is 17.5. The lowest BCUT2D eigenvalue weighted by atomic mass is 9.95. The number of hydrogen-bond donors (Lipinski definition) is 0. The van der Waals surface area contributed by atoms with Crippen molar-refractivity contribution in [2.45, 2.75) is 0 Å². The summed E-state index contributed by atoms with van der Waals surface area (Å²) in [6.07, 6.45) is 0. The Morgan fingerprint density at radius 3 is 1.49 bits per heavy atom. The Labute approximate surface area is 299 Å². The van der Waals surface area contributed by atoms with Gasteiger partial charge in [-0.2, -0.15) is 0 Å². The molecule has 0 bridgehead atoms. The van der Waals surface area contributed by atoms with Gasteiger partial charge in [-0.1, -0.05) is 170 Å². The van der Waals surface area contributed by atoms with Crippen LogP contribution in [0.1, 0.15) is 0 Å². The van der Waals surface area contributed by atoms with Gasteiger partial charge in [-0.25, -0.2) is 0 Å². The summed E-state index contributed by atoms with van der Waals surface area (Å²) in [5.41, 5.74) is 12.8. The fraction of sp³-hybridized carbons (Fsp3) is 0. The molecule has 0 unspecified atom stereocenters. The average Bonchev–Trinajstić information content (AvgIpc) is 3.22. The predicted octanol–water partition coefficient (Wildman–Crippen LogP) is 14.1. The molecule has 1 heteroatoms. The Balaban J connectivity index is 1.19. The van der Waals surface area contributed by atoms with Gasteiger partial charge in [-0.3, -0.25) is 0 Å². The minimum Gasteiger partial charge on any atom is -0.310 e. The zero-order valence-corrected chi connectivity index (χ0v) is 28.2. The molecule has 0 spiro atoms. The lowest BCUT2D eigenvalue weighted by Crippen LogP contribution is -2.11. The second-order valence-corrected chi connectivity index (χ2v) is 13.0. The van der Waals surface area contributed by atoms with Crippen molar-refractivity contribution in [3.63, 3.8) is 0 Å². The maximum absolute atomic E-state index is 2.40. The molecule has 9 aromatic rings. The van der Waals surface area contributed by atoms with Gasteiger partial charge in [0.25, 0.3) is 0 Å². The molecular formula is C50H35N. The van der Waals surface area contributed by atoms with Gasteiger partial charge < -0.3 is 4.90 Å². The number of fused-ring (bicyclic) bond motifs is 3. The van der Waals surface area contributed by atoms with Crippen LogP contribution < -0.4 is 4.90 Å². The summed E-state index contributed by atoms with van der Waals surface area (Å²) < 4.78 is 0. The Morgan fingerprint density at radius 2 is 0.765 bits per heavy atom. The number of rotatable bonds is 7. The van der Waals surface area contributed by atoms with Crippen molar-refractivity contribution in [3.8, 4) is 44.5 Å². The van der Waals surface area contributed by atoms with E-state index in [0.29, 0.717) is 0 Å². The van der Waals surface area contributed by atoms with Gasteiger partial charge in [-0.05, 0) is 103 Å². The maximum atomic E-state index is 2.40. The molecule has 51 heavy (non-hydrogen) atoms. The van der Waals surface area contributed by atoms with E-state index in [4.69, 9.17) is 0 Å². The monoisotopic (exact) mass is 649 g/mol. The normalized spacial score (nSPS) is 11.1. The summed E-state index contributed by atoms with van der Waals surface area (Å²) in [6.45, 7) is 0. The summed E-state index contributed by atoms with van der Waals surface area (Å²) in [6, 6.07) is 76.7. The number of hydrogen-bond acceptors (Lipinski definition) is 1. The Kier molecular flexibility index (Phi) is 7.92. The van der Waals surface area contributed by atoms with Crippen LogP contribution in [0, 0.1) is 0 Å². The molecule has 240 valence electrons. The third-order valence-electron chi connectivity index (χ3n) is 9.84. The second kappa shape index (κ2) is 13.3. The molecule has 0 saturated carbocycles. The molecule has 0 fully saturated rings. The zero-order valence-electron chi connectivity index (χ0n) is 28.2. The van der Waals surface area contributed by atoms with Gasteiger partial charge >= 0.3 is 0 Å². The van der Waals surface area contributed by atoms with Crippen LogP contribution >= 0.6 is 0 Å². The third kappa shape index (κ3) is 5.96. The van der Waals surface area contributed by atoms with E-state index in [-0.39, 0.29) is 0 Å². The summed E-state index contributed by atoms with van der Waals surface area (Å²) in [4.78, 5) is 2.40. The van der Waals surface area contributed by atoms with E-state index >= 15 is 0 Å². The Morgan fingerprint density at radius 1 is 0.255 bits per heavy atom. The van der Waals surface area contributed by atoms with Crippen molar-refractivity contribution in [2.75, 3.05) is 4.90 Å². The molecule has 0 aliphatic rings. The summed E-state index contributed by atoms with van der Waals surface area (Å²) in [7, 11) is 0. The topological polar surface area (TPSA) is 3.24 Å². The first-order valence-corrected chi connectivity index (χ1v) is 17.5. The summed E-state index contributed by atoms with van der Waals surface area (Å²) >= 11 is 0. The van der Waals surface area contributed by atoms with Gasteiger partial charge in [-0.15, -0.1) is 0 Å². The summed E-state index contributed by atoms with van der Waals surface area (Å²) in [5, 5.41) is 5.09. The van der Waals surface area contributed by atoms with Gasteiger partial charge in [0.15, 0.2) is 0 Å². The van der Waals surface area contributed by atoms with Crippen LogP contribution in [0.3, 0.4) is 0 Å². The first-order chi connectivity index (χ1) is 25.3. The molecule has 0 aliphatic carbocycles. The lowest BCUT2D eigenvalue weighted by molar-refractivity contribution is 1.28. The van der Waals surface area contributed by atoms with Gasteiger partial charge in [0, 0.05) is 16.9 Å². The van der Waals surface area contributed by atoms with Crippen molar-refractivity contribution in [1.29, 1.82) is 0 Å². The molecule has 0 aromatic heterocycles. The first kappa shape index (κ1) is 30.4. The predicted molar refractivity (Wildman–Crippen MR) is 218 cm³/mol. The van der Waals surface area contributed by atoms with Crippen LogP contribution in [0.5, 0.6) is 0 Å². The Hall–Kier alpha value is -6.70. The van der Waals surface area contributed by atoms with Crippen LogP contribution in [-0.4, -0.2) is 0 Å². The van der Waals surface area contributed by atoms with Crippen molar-refractivity contribution in [3.05, 3.63) is 212 Å². The van der Waals surface area contributed by atoms with Crippen LogP contribution in [0.4, 0.5) is 17.1 Å². The number of nitrogens with zero attached hydrogens (tertiary/aromatic N) is 1. The average molecular weight is 650 g/mol. The molecule has 0 atom stereocenters. The second-order valence-electron chi connectivity index (χ2n) is 13.0. The summed E-state index contributed by atoms with van der Waals surface area (Å²) in [5.74, 6) is 0. The highest BCUT2D eigenvalue weighted by atomic mass is 15.1. The highest BCUT2D eigenvalue weighted by Crippen LogP contribution is 2.44. The molecule has 0 amide bonds. The maximum Gasteiger partial charge on any atom is 0.0540 e. The molecular weight excluding hydrogens is 615 g/mol. The van der Waals surface area contributed by atoms with Gasteiger partial charge in [0.2, 0.25) is 0 Å². The zero-order chi connectivity index (χ0) is 34.0. The van der Waals surface area contributed by atoms with Crippen molar-refractivity contribution in [2.24, 2.45) is 0 Å². The quantitative estimate of drug-likeness (QED) is 0.155. The lowest BCUT2D eigenvalue weighted by Gasteiger charge is -2.29. The van der Waals surface area contributed by atoms with E-state index in [2.05, 4.69) is 217 Å². The standard InChI is InChI=1S/C50H35N/c1-4-13-36(14-5-1)41-20-12-21-46(34-41)51(50-32-28-43(37-15-6-2-7-16-37)35-49(50)39-17-8-3-9-18-39)45-29-25-38(26-30-45)42-27-31-48-44(33-42)24-23-40-19-10-11-22-47(40)48/h1-35H. The largest absolute Gasteiger partial charge is 0.310 e. The fourth-order valence-electron chi connectivity index (χ4n) is 7.27. The smallest absolute Gasteiger partial charge is 0.0540 e. The SMILES string of the molecule is c1ccc(-c2cccc(N(c3ccc(-c4ccc5c(ccc6ccccc65)c4)cc3)c3ccc(-c4ccccc4)cc3-c3ccccc3)c2)cc1. The molecule has 0 aliphatic heterocycles. The van der Waals surface area contributed by atoms with Crippen molar-refractivity contribution < 1.29 is 0 Å². The Bertz CT molecular complexity index is 2610. The van der Waals surface area contributed by atoms with E-state index in [1.165, 1.54) is 66.1 Å².